The zero-order valence-corrected chi connectivity index (χ0v) is 16.7. The van der Waals surface area contributed by atoms with Gasteiger partial charge in [-0.15, -0.1) is 0 Å². The van der Waals surface area contributed by atoms with Gasteiger partial charge in [-0.05, 0) is 62.3 Å². The SMILES string of the molecule is Cc1cc(C)c(N2CCCC2)c(C)c1NS(=O)(=O)CCc1ccccc1. The van der Waals surface area contributed by atoms with E-state index in [2.05, 4.69) is 22.6 Å². The Kier molecular flexibility index (Phi) is 5.56. The maximum atomic E-state index is 12.7. The van der Waals surface area contributed by atoms with Crippen LogP contribution in [0.25, 0.3) is 0 Å². The van der Waals surface area contributed by atoms with Crippen molar-refractivity contribution in [3.05, 3.63) is 58.7 Å². The van der Waals surface area contributed by atoms with E-state index < -0.39 is 10.0 Å². The van der Waals surface area contributed by atoms with Crippen LogP contribution in [0.4, 0.5) is 11.4 Å². The van der Waals surface area contributed by atoms with Crippen LogP contribution >= 0.6 is 0 Å². The summed E-state index contributed by atoms with van der Waals surface area (Å²) in [6, 6.07) is 11.8. The Morgan fingerprint density at radius 3 is 2.31 bits per heavy atom. The Balaban J connectivity index is 1.83. The highest BCUT2D eigenvalue weighted by atomic mass is 32.2. The summed E-state index contributed by atoms with van der Waals surface area (Å²) in [4.78, 5) is 2.38. The first-order chi connectivity index (χ1) is 12.4. The Morgan fingerprint density at radius 1 is 1.00 bits per heavy atom. The van der Waals surface area contributed by atoms with Gasteiger partial charge in [-0.2, -0.15) is 0 Å². The lowest BCUT2D eigenvalue weighted by Crippen LogP contribution is -2.23. The third kappa shape index (κ3) is 4.21. The molecule has 0 amide bonds. The molecule has 0 bridgehead atoms. The molecule has 0 atom stereocenters. The van der Waals surface area contributed by atoms with Gasteiger partial charge < -0.3 is 4.90 Å². The summed E-state index contributed by atoms with van der Waals surface area (Å²) >= 11 is 0. The lowest BCUT2D eigenvalue weighted by atomic mass is 10.0. The first-order valence-electron chi connectivity index (χ1n) is 9.27. The van der Waals surface area contributed by atoms with Crippen LogP contribution < -0.4 is 9.62 Å². The van der Waals surface area contributed by atoms with Crippen molar-refractivity contribution in [3.8, 4) is 0 Å². The highest BCUT2D eigenvalue weighted by Crippen LogP contribution is 2.35. The van der Waals surface area contributed by atoms with Crippen molar-refractivity contribution in [1.29, 1.82) is 0 Å². The molecule has 2 aromatic rings. The van der Waals surface area contributed by atoms with E-state index in [1.807, 2.05) is 44.2 Å². The normalized spacial score (nSPS) is 14.7. The van der Waals surface area contributed by atoms with E-state index in [4.69, 9.17) is 0 Å². The molecule has 3 rings (SSSR count). The number of anilines is 2. The standard InChI is InChI=1S/C21H28N2O2S/c1-16-15-17(2)21(23-12-7-8-13-23)18(3)20(16)22-26(24,25)14-11-19-9-5-4-6-10-19/h4-6,9-10,15,22H,7-8,11-14H2,1-3H3. The molecule has 26 heavy (non-hydrogen) atoms. The third-order valence-electron chi connectivity index (χ3n) is 5.11. The fraction of sp³-hybridized carbons (Fsp3) is 0.429. The van der Waals surface area contributed by atoms with Crippen molar-refractivity contribution in [2.75, 3.05) is 28.5 Å². The van der Waals surface area contributed by atoms with Crippen LogP contribution in [0.2, 0.25) is 0 Å². The average molecular weight is 373 g/mol. The Hall–Kier alpha value is -2.01. The average Bonchev–Trinajstić information content (AvgIpc) is 3.12. The van der Waals surface area contributed by atoms with Gasteiger partial charge in [0.2, 0.25) is 10.0 Å². The molecular formula is C21H28N2O2S. The molecule has 0 spiro atoms. The van der Waals surface area contributed by atoms with Crippen LogP contribution in [0, 0.1) is 20.8 Å². The summed E-state index contributed by atoms with van der Waals surface area (Å²) in [5.41, 5.74) is 6.19. The minimum absolute atomic E-state index is 0.0861. The third-order valence-corrected chi connectivity index (χ3v) is 6.37. The van der Waals surface area contributed by atoms with Gasteiger partial charge in [0.25, 0.3) is 0 Å². The lowest BCUT2D eigenvalue weighted by Gasteiger charge is -2.26. The molecule has 1 saturated heterocycles. The van der Waals surface area contributed by atoms with Crippen LogP contribution in [-0.2, 0) is 16.4 Å². The van der Waals surface area contributed by atoms with Crippen LogP contribution in [0.3, 0.4) is 0 Å². The van der Waals surface area contributed by atoms with E-state index >= 15 is 0 Å². The van der Waals surface area contributed by atoms with E-state index in [9.17, 15) is 8.42 Å². The molecule has 0 aromatic heterocycles. The quantitative estimate of drug-likeness (QED) is 0.827. The molecule has 5 heteroatoms. The first-order valence-corrected chi connectivity index (χ1v) is 10.9. The molecular weight excluding hydrogens is 344 g/mol. The molecule has 0 radical (unpaired) electrons. The summed E-state index contributed by atoms with van der Waals surface area (Å²) in [6.45, 7) is 8.21. The van der Waals surface area contributed by atoms with Crippen LogP contribution in [0.15, 0.2) is 36.4 Å². The molecule has 1 N–H and O–H groups in total. The van der Waals surface area contributed by atoms with E-state index in [1.165, 1.54) is 24.1 Å². The molecule has 2 aromatic carbocycles. The fourth-order valence-electron chi connectivity index (χ4n) is 3.86. The number of aryl methyl sites for hydroxylation is 3. The van der Waals surface area contributed by atoms with Gasteiger partial charge in [-0.25, -0.2) is 8.42 Å². The minimum atomic E-state index is -3.40. The largest absolute Gasteiger partial charge is 0.371 e. The summed E-state index contributed by atoms with van der Waals surface area (Å²) in [5.74, 6) is 0.0861. The molecule has 4 nitrogen and oxygen atoms in total. The van der Waals surface area contributed by atoms with Crippen molar-refractivity contribution in [1.82, 2.24) is 0 Å². The van der Waals surface area contributed by atoms with Gasteiger partial charge in [0.1, 0.15) is 0 Å². The van der Waals surface area contributed by atoms with Crippen molar-refractivity contribution >= 4 is 21.4 Å². The molecule has 1 heterocycles. The number of hydrogen-bond acceptors (Lipinski definition) is 3. The molecule has 1 fully saturated rings. The van der Waals surface area contributed by atoms with Crippen molar-refractivity contribution < 1.29 is 8.42 Å². The second-order valence-electron chi connectivity index (χ2n) is 7.21. The number of benzene rings is 2. The maximum Gasteiger partial charge on any atom is 0.233 e. The van der Waals surface area contributed by atoms with Crippen molar-refractivity contribution in [3.63, 3.8) is 0 Å². The second kappa shape index (κ2) is 7.70. The summed E-state index contributed by atoms with van der Waals surface area (Å²) in [6.07, 6.45) is 2.91. The van der Waals surface area contributed by atoms with Gasteiger partial charge >= 0.3 is 0 Å². The van der Waals surface area contributed by atoms with Gasteiger partial charge in [-0.3, -0.25) is 4.72 Å². The topological polar surface area (TPSA) is 49.4 Å². The smallest absolute Gasteiger partial charge is 0.233 e. The second-order valence-corrected chi connectivity index (χ2v) is 9.05. The zero-order valence-electron chi connectivity index (χ0n) is 15.9. The number of rotatable bonds is 6. The molecule has 0 saturated carbocycles. The number of hydrogen-bond donors (Lipinski definition) is 1. The highest BCUT2D eigenvalue weighted by molar-refractivity contribution is 7.92. The van der Waals surface area contributed by atoms with Gasteiger partial charge in [-0.1, -0.05) is 36.4 Å². The summed E-state index contributed by atoms with van der Waals surface area (Å²) in [5, 5.41) is 0. The van der Waals surface area contributed by atoms with E-state index in [-0.39, 0.29) is 5.75 Å². The van der Waals surface area contributed by atoms with Crippen LogP contribution in [0.5, 0.6) is 0 Å². The Labute approximate surface area is 157 Å². The molecule has 0 unspecified atom stereocenters. The highest BCUT2D eigenvalue weighted by Gasteiger charge is 2.21. The zero-order chi connectivity index (χ0) is 18.7. The number of nitrogens with one attached hydrogen (secondary N) is 1. The first kappa shape index (κ1) is 18.8. The summed E-state index contributed by atoms with van der Waals surface area (Å²) < 4.78 is 28.2. The van der Waals surface area contributed by atoms with Crippen molar-refractivity contribution in [2.24, 2.45) is 0 Å². The number of nitrogens with zero attached hydrogens (tertiary/aromatic N) is 1. The monoisotopic (exact) mass is 372 g/mol. The van der Waals surface area contributed by atoms with Crippen LogP contribution in [0.1, 0.15) is 35.1 Å². The molecule has 1 aliphatic rings. The Morgan fingerprint density at radius 2 is 1.65 bits per heavy atom. The molecule has 140 valence electrons. The fourth-order valence-corrected chi connectivity index (χ4v) is 5.09. The predicted octanol–water partition coefficient (Wildman–Crippen LogP) is 4.20. The van der Waals surface area contributed by atoms with Gasteiger partial charge in [0, 0.05) is 18.8 Å². The van der Waals surface area contributed by atoms with E-state index in [1.54, 1.807) is 0 Å². The van der Waals surface area contributed by atoms with Crippen LogP contribution in [-0.4, -0.2) is 27.3 Å². The summed E-state index contributed by atoms with van der Waals surface area (Å²) in [7, 11) is -3.40. The maximum absolute atomic E-state index is 12.7. The predicted molar refractivity (Wildman–Crippen MR) is 110 cm³/mol. The number of sulfonamides is 1. The van der Waals surface area contributed by atoms with Crippen molar-refractivity contribution in [2.45, 2.75) is 40.0 Å². The molecule has 1 aliphatic heterocycles. The minimum Gasteiger partial charge on any atom is -0.371 e. The lowest BCUT2D eigenvalue weighted by molar-refractivity contribution is 0.600. The van der Waals surface area contributed by atoms with E-state index in [0.29, 0.717) is 6.42 Å². The Bertz CT molecular complexity index is 871. The van der Waals surface area contributed by atoms with Gasteiger partial charge in [0.15, 0.2) is 0 Å². The van der Waals surface area contributed by atoms with E-state index in [0.717, 1.165) is 35.5 Å². The molecule has 0 aliphatic carbocycles. The van der Waals surface area contributed by atoms with Gasteiger partial charge in [0.05, 0.1) is 11.4 Å².